The van der Waals surface area contributed by atoms with Crippen molar-refractivity contribution in [2.45, 2.75) is 32.0 Å². The van der Waals surface area contributed by atoms with Crippen LogP contribution in [0.3, 0.4) is 0 Å². The first-order valence-corrected chi connectivity index (χ1v) is 7.26. The molecule has 3 rings (SSSR count). The third kappa shape index (κ3) is 1.97. The van der Waals surface area contributed by atoms with E-state index < -0.39 is 11.5 Å². The summed E-state index contributed by atoms with van der Waals surface area (Å²) in [5.74, 6) is 0.438. The predicted octanol–water partition coefficient (Wildman–Crippen LogP) is 2.34. The monoisotopic (exact) mass is 285 g/mol. The Morgan fingerprint density at radius 1 is 1.43 bits per heavy atom. The van der Waals surface area contributed by atoms with E-state index in [4.69, 9.17) is 4.74 Å². The molecule has 0 unspecified atom stereocenters. The second-order valence-corrected chi connectivity index (χ2v) is 5.93. The molecule has 1 heterocycles. The fourth-order valence-electron chi connectivity index (χ4n) is 3.67. The van der Waals surface area contributed by atoms with Gasteiger partial charge >= 0.3 is 0 Å². The normalized spacial score (nSPS) is 34.0. The summed E-state index contributed by atoms with van der Waals surface area (Å²) in [6, 6.07) is 9.66. The average Bonchev–Trinajstić information content (AvgIpc) is 2.48. The van der Waals surface area contributed by atoms with Crippen LogP contribution in [0.25, 0.3) is 0 Å². The maximum absolute atomic E-state index is 10.9. The van der Waals surface area contributed by atoms with Crippen LogP contribution in [0, 0.1) is 22.7 Å². The number of nitrogens with zero attached hydrogens (tertiary/aromatic N) is 1. The van der Waals surface area contributed by atoms with Crippen molar-refractivity contribution in [1.82, 2.24) is 0 Å². The largest absolute Gasteiger partial charge is 0.488 e. The number of fused-ring (bicyclic) bond motifs is 2. The molecular weight excluding hydrogens is 266 g/mol. The summed E-state index contributed by atoms with van der Waals surface area (Å²) in [6.07, 6.45) is 1.80. The van der Waals surface area contributed by atoms with Crippen molar-refractivity contribution in [3.8, 4) is 11.8 Å². The van der Waals surface area contributed by atoms with Crippen LogP contribution in [0.15, 0.2) is 35.9 Å². The molecule has 0 fully saturated rings. The summed E-state index contributed by atoms with van der Waals surface area (Å²) in [5, 5.41) is 30.1. The molecule has 2 aliphatic rings. The van der Waals surface area contributed by atoms with Gasteiger partial charge in [-0.3, -0.25) is 0 Å². The number of hydrogen-bond donors (Lipinski definition) is 2. The smallest absolute Gasteiger partial charge is 0.131 e. The van der Waals surface area contributed by atoms with Crippen LogP contribution >= 0.6 is 0 Å². The first kappa shape index (κ1) is 14.1. The number of ether oxygens (including phenoxy) is 1. The maximum atomic E-state index is 10.9. The lowest BCUT2D eigenvalue weighted by Gasteiger charge is -2.49. The van der Waals surface area contributed by atoms with Crippen molar-refractivity contribution < 1.29 is 14.9 Å². The van der Waals surface area contributed by atoms with Gasteiger partial charge in [0.05, 0.1) is 6.07 Å². The van der Waals surface area contributed by atoms with Crippen LogP contribution in [-0.4, -0.2) is 22.9 Å². The Morgan fingerprint density at radius 2 is 2.19 bits per heavy atom. The Bertz CT molecular complexity index is 619. The van der Waals surface area contributed by atoms with E-state index in [9.17, 15) is 15.5 Å². The third-order valence-electron chi connectivity index (χ3n) is 4.71. The molecule has 0 bridgehead atoms. The molecule has 0 saturated carbocycles. The molecule has 1 aliphatic carbocycles. The van der Waals surface area contributed by atoms with Crippen LogP contribution in [0.2, 0.25) is 0 Å². The molecule has 0 amide bonds. The SMILES string of the molecule is CC1=C[C@H](CCO)[C@]2(C#N)[C@H](C1)Oc1ccccc1[C@@H]2O. The van der Waals surface area contributed by atoms with Crippen LogP contribution < -0.4 is 4.74 Å². The Morgan fingerprint density at radius 3 is 2.90 bits per heavy atom. The van der Waals surface area contributed by atoms with Gasteiger partial charge in [0.25, 0.3) is 0 Å². The van der Waals surface area contributed by atoms with Crippen molar-refractivity contribution in [2.75, 3.05) is 6.61 Å². The Labute approximate surface area is 124 Å². The van der Waals surface area contributed by atoms with E-state index in [1.807, 2.05) is 31.2 Å². The van der Waals surface area contributed by atoms with Gasteiger partial charge in [0, 0.05) is 24.5 Å². The van der Waals surface area contributed by atoms with Crippen molar-refractivity contribution >= 4 is 0 Å². The molecule has 4 atom stereocenters. The molecule has 4 nitrogen and oxygen atoms in total. The first-order chi connectivity index (χ1) is 10.1. The zero-order chi connectivity index (χ0) is 15.0. The van der Waals surface area contributed by atoms with Crippen LogP contribution in [0.1, 0.15) is 31.4 Å². The van der Waals surface area contributed by atoms with E-state index in [2.05, 4.69) is 6.07 Å². The zero-order valence-electron chi connectivity index (χ0n) is 12.0. The Hall–Kier alpha value is -1.83. The van der Waals surface area contributed by atoms with Gasteiger partial charge in [-0.1, -0.05) is 29.8 Å². The Balaban J connectivity index is 2.14. The molecule has 0 aromatic heterocycles. The van der Waals surface area contributed by atoms with Gasteiger partial charge < -0.3 is 14.9 Å². The van der Waals surface area contributed by atoms with Gasteiger partial charge in [-0.2, -0.15) is 5.26 Å². The molecule has 1 aliphatic heterocycles. The number of rotatable bonds is 2. The lowest BCUT2D eigenvalue weighted by molar-refractivity contribution is -0.0782. The maximum Gasteiger partial charge on any atom is 0.131 e. The van der Waals surface area contributed by atoms with Gasteiger partial charge in [-0.25, -0.2) is 0 Å². The summed E-state index contributed by atoms with van der Waals surface area (Å²) in [4.78, 5) is 0. The first-order valence-electron chi connectivity index (χ1n) is 7.26. The molecule has 1 aromatic rings. The van der Waals surface area contributed by atoms with Gasteiger partial charge in [-0.05, 0) is 19.4 Å². The highest BCUT2D eigenvalue weighted by atomic mass is 16.5. The molecule has 0 saturated heterocycles. The van der Waals surface area contributed by atoms with Crippen molar-refractivity contribution in [1.29, 1.82) is 5.26 Å². The van der Waals surface area contributed by atoms with Gasteiger partial charge in [0.1, 0.15) is 23.4 Å². The lowest BCUT2D eigenvalue weighted by atomic mass is 9.60. The number of allylic oxidation sites excluding steroid dienone is 1. The molecule has 0 radical (unpaired) electrons. The van der Waals surface area contributed by atoms with Crippen LogP contribution in [-0.2, 0) is 0 Å². The minimum atomic E-state index is -1.03. The topological polar surface area (TPSA) is 73.5 Å². The van der Waals surface area contributed by atoms with Crippen LogP contribution in [0.5, 0.6) is 5.75 Å². The van der Waals surface area contributed by atoms with E-state index in [0.29, 0.717) is 24.2 Å². The van der Waals surface area contributed by atoms with Gasteiger partial charge in [-0.15, -0.1) is 0 Å². The van der Waals surface area contributed by atoms with E-state index in [-0.39, 0.29) is 18.6 Å². The van der Waals surface area contributed by atoms with E-state index in [1.165, 1.54) is 0 Å². The zero-order valence-corrected chi connectivity index (χ0v) is 12.0. The summed E-state index contributed by atoms with van der Waals surface area (Å²) in [6.45, 7) is 1.99. The molecule has 4 heteroatoms. The fraction of sp³-hybridized carbons (Fsp3) is 0.471. The molecular formula is C17H19NO3. The summed E-state index contributed by atoms with van der Waals surface area (Å²) < 4.78 is 6.04. The fourth-order valence-corrected chi connectivity index (χ4v) is 3.67. The van der Waals surface area contributed by atoms with Gasteiger partial charge in [0.2, 0.25) is 0 Å². The number of hydrogen-bond acceptors (Lipinski definition) is 4. The number of aliphatic hydroxyl groups is 2. The summed E-state index contributed by atoms with van der Waals surface area (Å²) in [5.41, 5.74) is 0.762. The third-order valence-corrected chi connectivity index (χ3v) is 4.71. The van der Waals surface area contributed by atoms with Crippen LogP contribution in [0.4, 0.5) is 0 Å². The summed E-state index contributed by atoms with van der Waals surface area (Å²) >= 11 is 0. The number of para-hydroxylation sites is 1. The number of aliphatic hydroxyl groups excluding tert-OH is 2. The Kier molecular flexibility index (Phi) is 3.48. The minimum absolute atomic E-state index is 0.0149. The molecule has 21 heavy (non-hydrogen) atoms. The molecule has 110 valence electrons. The standard InChI is InChI=1S/C17H19NO3/c1-11-8-12(6-7-19)17(10-18)15(9-11)21-14-5-3-2-4-13(14)16(17)20/h2-5,8,12,15-16,19-20H,6-7,9H2,1H3/t12-,15-,16-,17+/m0/s1. The van der Waals surface area contributed by atoms with E-state index in [1.54, 1.807) is 6.07 Å². The summed E-state index contributed by atoms with van der Waals surface area (Å²) in [7, 11) is 0. The molecule has 1 aromatic carbocycles. The quantitative estimate of drug-likeness (QED) is 0.818. The van der Waals surface area contributed by atoms with E-state index in [0.717, 1.165) is 5.57 Å². The average molecular weight is 285 g/mol. The second-order valence-electron chi connectivity index (χ2n) is 5.93. The lowest BCUT2D eigenvalue weighted by Crippen LogP contribution is -2.52. The van der Waals surface area contributed by atoms with Crippen molar-refractivity contribution in [3.63, 3.8) is 0 Å². The van der Waals surface area contributed by atoms with Gasteiger partial charge in [0.15, 0.2) is 0 Å². The highest BCUT2D eigenvalue weighted by Crippen LogP contribution is 2.55. The highest BCUT2D eigenvalue weighted by molar-refractivity contribution is 5.43. The molecule has 2 N–H and O–H groups in total. The number of benzene rings is 1. The van der Waals surface area contributed by atoms with Crippen molar-refractivity contribution in [3.05, 3.63) is 41.5 Å². The minimum Gasteiger partial charge on any atom is -0.488 e. The van der Waals surface area contributed by atoms with E-state index >= 15 is 0 Å². The predicted molar refractivity (Wildman–Crippen MR) is 77.4 cm³/mol. The second kappa shape index (κ2) is 5.18. The molecule has 0 spiro atoms. The van der Waals surface area contributed by atoms with Crippen molar-refractivity contribution in [2.24, 2.45) is 11.3 Å². The highest BCUT2D eigenvalue weighted by Gasteiger charge is 2.57. The number of nitriles is 1.